The Morgan fingerprint density at radius 3 is 2.59 bits per heavy atom. The molecule has 0 aliphatic heterocycles. The van der Waals surface area contributed by atoms with E-state index in [1.54, 1.807) is 12.4 Å². The van der Waals surface area contributed by atoms with Crippen molar-refractivity contribution in [2.45, 2.75) is 12.8 Å². The van der Waals surface area contributed by atoms with Crippen molar-refractivity contribution < 1.29 is 5.11 Å². The molecule has 3 aromatic rings. The lowest BCUT2D eigenvalue weighted by Crippen LogP contribution is -2.00. The van der Waals surface area contributed by atoms with Crippen LogP contribution in [0.15, 0.2) is 42.7 Å². The van der Waals surface area contributed by atoms with Crippen LogP contribution in [0.4, 0.5) is 0 Å². The van der Waals surface area contributed by atoms with E-state index < -0.39 is 0 Å². The number of rotatable bonds is 4. The van der Waals surface area contributed by atoms with Crippen molar-refractivity contribution in [2.24, 2.45) is 0 Å². The van der Waals surface area contributed by atoms with E-state index in [0.717, 1.165) is 27.6 Å². The quantitative estimate of drug-likeness (QED) is 0.798. The third-order valence-corrected chi connectivity index (χ3v) is 3.57. The van der Waals surface area contributed by atoms with Gasteiger partial charge in [0, 0.05) is 30.0 Å². The Hall–Kier alpha value is -2.84. The second kappa shape index (κ2) is 6.29. The van der Waals surface area contributed by atoms with Crippen LogP contribution in [0.2, 0.25) is 0 Å². The van der Waals surface area contributed by atoms with Gasteiger partial charge in [-0.15, -0.1) is 10.2 Å². The largest absolute Gasteiger partial charge is 0.396 e. The van der Waals surface area contributed by atoms with Gasteiger partial charge in [0.05, 0.1) is 5.52 Å². The minimum atomic E-state index is 0.0871. The van der Waals surface area contributed by atoms with Gasteiger partial charge in [-0.25, -0.2) is 0 Å². The molecule has 0 saturated carbocycles. The lowest BCUT2D eigenvalue weighted by atomic mass is 9.99. The molecular weight excluding hydrogens is 276 g/mol. The zero-order valence-electron chi connectivity index (χ0n) is 11.9. The summed E-state index contributed by atoms with van der Waals surface area (Å²) in [7, 11) is 0. The number of fused-ring (bicyclic) bond motifs is 1. The van der Waals surface area contributed by atoms with Gasteiger partial charge in [-0.3, -0.25) is 4.98 Å². The van der Waals surface area contributed by atoms with Crippen molar-refractivity contribution in [3.63, 3.8) is 0 Å². The molecule has 0 aliphatic rings. The Balaban J connectivity index is 2.13. The number of nitriles is 1. The molecule has 5 nitrogen and oxygen atoms in total. The van der Waals surface area contributed by atoms with Gasteiger partial charge < -0.3 is 5.11 Å². The van der Waals surface area contributed by atoms with Gasteiger partial charge in [0.2, 0.25) is 0 Å². The lowest BCUT2D eigenvalue weighted by molar-refractivity contribution is 0.288. The van der Waals surface area contributed by atoms with Crippen LogP contribution in [0.3, 0.4) is 0 Å². The van der Waals surface area contributed by atoms with Crippen molar-refractivity contribution in [1.29, 1.82) is 5.26 Å². The van der Waals surface area contributed by atoms with Crippen molar-refractivity contribution in [1.82, 2.24) is 15.2 Å². The third-order valence-electron chi connectivity index (χ3n) is 3.57. The highest BCUT2D eigenvalue weighted by molar-refractivity contribution is 5.87. The average Bonchev–Trinajstić information content (AvgIpc) is 2.59. The summed E-state index contributed by atoms with van der Waals surface area (Å²) < 4.78 is 0. The number of aliphatic hydroxyl groups is 1. The second-order valence-electron chi connectivity index (χ2n) is 4.93. The summed E-state index contributed by atoms with van der Waals surface area (Å²) in [4.78, 5) is 4.02. The molecule has 0 saturated heterocycles. The van der Waals surface area contributed by atoms with Crippen LogP contribution in [0.25, 0.3) is 22.0 Å². The Kier molecular flexibility index (Phi) is 4.03. The van der Waals surface area contributed by atoms with Crippen LogP contribution in [0.1, 0.15) is 17.7 Å². The summed E-state index contributed by atoms with van der Waals surface area (Å²) in [6.07, 6.45) is 4.70. The van der Waals surface area contributed by atoms with Gasteiger partial charge in [0.1, 0.15) is 6.07 Å². The summed E-state index contributed by atoms with van der Waals surface area (Å²) in [5.74, 6) is 0. The molecule has 108 valence electrons. The van der Waals surface area contributed by atoms with E-state index in [-0.39, 0.29) is 6.61 Å². The van der Waals surface area contributed by atoms with E-state index in [4.69, 9.17) is 5.11 Å². The number of hydrogen-bond acceptors (Lipinski definition) is 5. The predicted molar refractivity (Wildman–Crippen MR) is 82.9 cm³/mol. The van der Waals surface area contributed by atoms with E-state index in [1.165, 1.54) is 0 Å². The van der Waals surface area contributed by atoms with E-state index in [9.17, 15) is 5.26 Å². The minimum Gasteiger partial charge on any atom is -0.396 e. The Labute approximate surface area is 127 Å². The fourth-order valence-electron chi connectivity index (χ4n) is 2.48. The molecule has 0 amide bonds. The van der Waals surface area contributed by atoms with E-state index >= 15 is 0 Å². The van der Waals surface area contributed by atoms with Crippen molar-refractivity contribution >= 4 is 10.9 Å². The Morgan fingerprint density at radius 2 is 1.86 bits per heavy atom. The first-order valence-corrected chi connectivity index (χ1v) is 7.04. The molecule has 1 aromatic carbocycles. The maximum Gasteiger partial charge on any atom is 0.166 e. The number of hydrogen-bond donors (Lipinski definition) is 1. The highest BCUT2D eigenvalue weighted by Gasteiger charge is 2.11. The number of aryl methyl sites for hydroxylation is 1. The van der Waals surface area contributed by atoms with Crippen molar-refractivity contribution in [3.05, 3.63) is 54.0 Å². The molecule has 0 fully saturated rings. The molecule has 3 rings (SSSR count). The van der Waals surface area contributed by atoms with Gasteiger partial charge >= 0.3 is 0 Å². The standard InChI is InChI=1S/C17H14N4O/c18-11-17-14(2-1-9-22)15-4-3-13(10-16(15)20-21-17)12-5-7-19-8-6-12/h3-8,10,22H,1-2,9H2. The number of nitrogens with zero attached hydrogens (tertiary/aromatic N) is 4. The molecular formula is C17H14N4O. The third kappa shape index (κ3) is 2.65. The molecule has 0 spiro atoms. The Morgan fingerprint density at radius 1 is 1.05 bits per heavy atom. The number of pyridine rings is 1. The highest BCUT2D eigenvalue weighted by atomic mass is 16.2. The van der Waals surface area contributed by atoms with Gasteiger partial charge in [0.15, 0.2) is 5.69 Å². The monoisotopic (exact) mass is 290 g/mol. The molecule has 0 radical (unpaired) electrons. The first kappa shape index (κ1) is 14.1. The smallest absolute Gasteiger partial charge is 0.166 e. The molecule has 2 heterocycles. The first-order chi connectivity index (χ1) is 10.8. The van der Waals surface area contributed by atoms with E-state index in [0.29, 0.717) is 18.5 Å². The first-order valence-electron chi connectivity index (χ1n) is 7.04. The van der Waals surface area contributed by atoms with Gasteiger partial charge in [-0.05, 0) is 42.2 Å². The van der Waals surface area contributed by atoms with Crippen LogP contribution in [-0.4, -0.2) is 26.9 Å². The summed E-state index contributed by atoms with van der Waals surface area (Å²) in [5, 5.41) is 27.3. The van der Waals surface area contributed by atoms with Crippen molar-refractivity contribution in [2.75, 3.05) is 6.61 Å². The zero-order chi connectivity index (χ0) is 15.4. The van der Waals surface area contributed by atoms with Gasteiger partial charge in [0.25, 0.3) is 0 Å². The number of aliphatic hydroxyl groups excluding tert-OH is 1. The fourth-order valence-corrected chi connectivity index (χ4v) is 2.48. The molecule has 1 N–H and O–H groups in total. The number of aromatic nitrogens is 3. The highest BCUT2D eigenvalue weighted by Crippen LogP contribution is 2.26. The molecule has 22 heavy (non-hydrogen) atoms. The minimum absolute atomic E-state index is 0.0871. The molecule has 2 aromatic heterocycles. The zero-order valence-corrected chi connectivity index (χ0v) is 11.9. The van der Waals surface area contributed by atoms with Gasteiger partial charge in [-0.1, -0.05) is 12.1 Å². The SMILES string of the molecule is N#Cc1nnc2cc(-c3ccncc3)ccc2c1CCCO. The predicted octanol–water partition coefficient (Wildman–Crippen LogP) is 2.49. The van der Waals surface area contributed by atoms with Gasteiger partial charge in [-0.2, -0.15) is 5.26 Å². The fraction of sp³-hybridized carbons (Fsp3) is 0.176. The molecule has 0 atom stereocenters. The van der Waals surface area contributed by atoms with Crippen LogP contribution in [-0.2, 0) is 6.42 Å². The summed E-state index contributed by atoms with van der Waals surface area (Å²) in [6, 6.07) is 11.9. The second-order valence-corrected chi connectivity index (χ2v) is 4.93. The topological polar surface area (TPSA) is 82.7 Å². The molecule has 0 unspecified atom stereocenters. The normalized spacial score (nSPS) is 10.5. The van der Waals surface area contributed by atoms with Crippen LogP contribution in [0.5, 0.6) is 0 Å². The van der Waals surface area contributed by atoms with Crippen LogP contribution < -0.4 is 0 Å². The maximum atomic E-state index is 9.19. The molecule has 0 bridgehead atoms. The lowest BCUT2D eigenvalue weighted by Gasteiger charge is -2.08. The maximum absolute atomic E-state index is 9.19. The molecule has 5 heteroatoms. The number of benzene rings is 1. The summed E-state index contributed by atoms with van der Waals surface area (Å²) in [5.41, 5.74) is 4.02. The molecule has 0 aliphatic carbocycles. The van der Waals surface area contributed by atoms with Crippen molar-refractivity contribution in [3.8, 4) is 17.2 Å². The van der Waals surface area contributed by atoms with Crippen LogP contribution in [0, 0.1) is 11.3 Å². The van der Waals surface area contributed by atoms with E-state index in [1.807, 2.05) is 30.3 Å². The summed E-state index contributed by atoms with van der Waals surface area (Å²) in [6.45, 7) is 0.0871. The van der Waals surface area contributed by atoms with Crippen LogP contribution >= 0.6 is 0 Å². The van der Waals surface area contributed by atoms with E-state index in [2.05, 4.69) is 21.3 Å². The Bertz CT molecular complexity index is 840. The summed E-state index contributed by atoms with van der Waals surface area (Å²) >= 11 is 0. The average molecular weight is 290 g/mol.